The molecule has 0 spiro atoms. The van der Waals surface area contributed by atoms with Gasteiger partial charge in [-0.25, -0.2) is 4.39 Å². The fourth-order valence-corrected chi connectivity index (χ4v) is 1.48. The summed E-state index contributed by atoms with van der Waals surface area (Å²) in [6, 6.07) is 3.72. The lowest BCUT2D eigenvalue weighted by molar-refractivity contribution is -0.0522. The third-order valence-electron chi connectivity index (χ3n) is 2.28. The van der Waals surface area contributed by atoms with E-state index in [1.807, 2.05) is 0 Å². The van der Waals surface area contributed by atoms with Crippen LogP contribution in [0.2, 0.25) is 0 Å². The summed E-state index contributed by atoms with van der Waals surface area (Å²) in [6.45, 7) is -2.28. The summed E-state index contributed by atoms with van der Waals surface area (Å²) in [5, 5.41) is 12.2. The van der Waals surface area contributed by atoms with Gasteiger partial charge >= 0.3 is 6.61 Å². The van der Waals surface area contributed by atoms with E-state index in [1.54, 1.807) is 0 Å². The number of nitrogens with one attached hydrogen (secondary N) is 1. The van der Waals surface area contributed by atoms with Crippen LogP contribution in [0.4, 0.5) is 13.2 Å². The van der Waals surface area contributed by atoms with E-state index in [0.717, 1.165) is 12.1 Å². The van der Waals surface area contributed by atoms with E-state index in [4.69, 9.17) is 4.74 Å². The second-order valence-corrected chi connectivity index (χ2v) is 3.88. The Morgan fingerprint density at radius 1 is 1.37 bits per heavy atom. The first-order chi connectivity index (χ1) is 9.02. The van der Waals surface area contributed by atoms with Crippen LogP contribution in [0.15, 0.2) is 18.2 Å². The van der Waals surface area contributed by atoms with E-state index in [-0.39, 0.29) is 13.2 Å². The predicted molar refractivity (Wildman–Crippen MR) is 62.6 cm³/mol. The number of ether oxygens (including phenoxy) is 2. The van der Waals surface area contributed by atoms with Gasteiger partial charge in [-0.15, -0.1) is 0 Å². The van der Waals surface area contributed by atoms with Gasteiger partial charge in [-0.05, 0) is 17.7 Å². The van der Waals surface area contributed by atoms with Crippen molar-refractivity contribution < 1.29 is 27.8 Å². The minimum absolute atomic E-state index is 0.197. The Labute approximate surface area is 109 Å². The van der Waals surface area contributed by atoms with Gasteiger partial charge < -0.3 is 19.9 Å². The monoisotopic (exact) mass is 279 g/mol. The molecule has 1 aromatic rings. The smallest absolute Gasteiger partial charge is 0.387 e. The molecule has 0 saturated carbocycles. The molecule has 0 radical (unpaired) electrons. The summed E-state index contributed by atoms with van der Waals surface area (Å²) < 4.78 is 45.9. The molecule has 1 aromatic carbocycles. The molecule has 0 bridgehead atoms. The number of methoxy groups -OCH3 is 1. The Balaban J connectivity index is 2.45. The number of aliphatic hydroxyl groups is 1. The zero-order chi connectivity index (χ0) is 14.3. The average molecular weight is 279 g/mol. The van der Waals surface area contributed by atoms with Gasteiger partial charge in [-0.3, -0.25) is 0 Å². The fourth-order valence-electron chi connectivity index (χ4n) is 1.48. The molecule has 4 nitrogen and oxygen atoms in total. The zero-order valence-electron chi connectivity index (χ0n) is 10.4. The number of hydrogen-bond acceptors (Lipinski definition) is 4. The molecule has 1 rings (SSSR count). The van der Waals surface area contributed by atoms with Gasteiger partial charge in [0, 0.05) is 20.2 Å². The van der Waals surface area contributed by atoms with Crippen molar-refractivity contribution in [3.8, 4) is 5.75 Å². The van der Waals surface area contributed by atoms with Crippen LogP contribution in [0.1, 0.15) is 5.56 Å². The summed E-state index contributed by atoms with van der Waals surface area (Å²) in [6.07, 6.45) is -0.656. The van der Waals surface area contributed by atoms with Gasteiger partial charge in [0.1, 0.15) is 0 Å². The van der Waals surface area contributed by atoms with Crippen LogP contribution in [0.3, 0.4) is 0 Å². The fraction of sp³-hybridized carbons (Fsp3) is 0.500. The minimum atomic E-state index is -3.05. The number of benzene rings is 1. The predicted octanol–water partition coefficient (Wildman–Crippen LogP) is 1.52. The Morgan fingerprint density at radius 2 is 2.11 bits per heavy atom. The molecule has 7 heteroatoms. The molecule has 1 unspecified atom stereocenters. The number of hydrogen-bond donors (Lipinski definition) is 2. The molecular weight excluding hydrogens is 263 g/mol. The first-order valence-electron chi connectivity index (χ1n) is 5.64. The van der Waals surface area contributed by atoms with Crippen molar-refractivity contribution in [2.75, 3.05) is 20.3 Å². The highest BCUT2D eigenvalue weighted by Gasteiger charge is 2.10. The van der Waals surface area contributed by atoms with E-state index in [2.05, 4.69) is 10.1 Å². The molecule has 0 aromatic heterocycles. The van der Waals surface area contributed by atoms with Gasteiger partial charge in [-0.1, -0.05) is 6.07 Å². The minimum Gasteiger partial charge on any atom is -0.432 e. The topological polar surface area (TPSA) is 50.7 Å². The SMILES string of the molecule is COCC(O)CNCc1ccc(OC(F)F)c(F)c1. The van der Waals surface area contributed by atoms with Gasteiger partial charge in [0.15, 0.2) is 11.6 Å². The molecule has 0 aliphatic rings. The lowest BCUT2D eigenvalue weighted by atomic mass is 10.2. The molecule has 0 aliphatic heterocycles. The Hall–Kier alpha value is -1.31. The normalized spacial score (nSPS) is 12.7. The van der Waals surface area contributed by atoms with E-state index in [9.17, 15) is 18.3 Å². The summed E-state index contributed by atoms with van der Waals surface area (Å²) >= 11 is 0. The average Bonchev–Trinajstić information content (AvgIpc) is 2.32. The van der Waals surface area contributed by atoms with Crippen molar-refractivity contribution in [2.45, 2.75) is 19.3 Å². The van der Waals surface area contributed by atoms with Crippen LogP contribution in [-0.2, 0) is 11.3 Å². The number of rotatable bonds is 8. The van der Waals surface area contributed by atoms with Crippen molar-refractivity contribution in [1.82, 2.24) is 5.32 Å². The van der Waals surface area contributed by atoms with Gasteiger partial charge in [-0.2, -0.15) is 8.78 Å². The molecule has 0 saturated heterocycles. The Bertz CT molecular complexity index is 390. The van der Waals surface area contributed by atoms with Crippen molar-refractivity contribution in [1.29, 1.82) is 0 Å². The van der Waals surface area contributed by atoms with Gasteiger partial charge in [0.25, 0.3) is 0 Å². The van der Waals surface area contributed by atoms with Crippen LogP contribution in [0.25, 0.3) is 0 Å². The zero-order valence-corrected chi connectivity index (χ0v) is 10.4. The van der Waals surface area contributed by atoms with Crippen LogP contribution in [-0.4, -0.2) is 38.1 Å². The molecule has 0 fully saturated rings. The van der Waals surface area contributed by atoms with Gasteiger partial charge in [0.05, 0.1) is 12.7 Å². The largest absolute Gasteiger partial charge is 0.432 e. The Kier molecular flexibility index (Phi) is 6.61. The second kappa shape index (κ2) is 7.98. The molecule has 108 valence electrons. The third kappa shape index (κ3) is 5.91. The summed E-state index contributed by atoms with van der Waals surface area (Å²) in [7, 11) is 1.47. The first kappa shape index (κ1) is 15.7. The van der Waals surface area contributed by atoms with Crippen LogP contribution >= 0.6 is 0 Å². The maximum Gasteiger partial charge on any atom is 0.387 e. The molecule has 0 heterocycles. The highest BCUT2D eigenvalue weighted by molar-refractivity contribution is 5.29. The van der Waals surface area contributed by atoms with Crippen molar-refractivity contribution in [3.05, 3.63) is 29.6 Å². The number of aliphatic hydroxyl groups excluding tert-OH is 1. The maximum absolute atomic E-state index is 13.4. The molecule has 19 heavy (non-hydrogen) atoms. The standard InChI is InChI=1S/C12H16F3NO3/c1-18-7-9(17)6-16-5-8-2-3-11(10(13)4-8)19-12(14)15/h2-4,9,12,16-17H,5-7H2,1H3. The number of halogens is 3. The summed E-state index contributed by atoms with van der Waals surface area (Å²) in [4.78, 5) is 0. The van der Waals surface area contributed by atoms with Crippen molar-refractivity contribution in [3.63, 3.8) is 0 Å². The lowest BCUT2D eigenvalue weighted by Gasteiger charge is -2.11. The van der Waals surface area contributed by atoms with Gasteiger partial charge in [0.2, 0.25) is 0 Å². The number of alkyl halides is 2. The maximum atomic E-state index is 13.4. The van der Waals surface area contributed by atoms with E-state index < -0.39 is 24.3 Å². The third-order valence-corrected chi connectivity index (χ3v) is 2.28. The highest BCUT2D eigenvalue weighted by atomic mass is 19.3. The van der Waals surface area contributed by atoms with Crippen LogP contribution in [0.5, 0.6) is 5.75 Å². The molecule has 2 N–H and O–H groups in total. The van der Waals surface area contributed by atoms with Crippen molar-refractivity contribution >= 4 is 0 Å². The molecular formula is C12H16F3NO3. The summed E-state index contributed by atoms with van der Waals surface area (Å²) in [5.41, 5.74) is 0.559. The molecule has 0 amide bonds. The molecule has 1 atom stereocenters. The quantitative estimate of drug-likeness (QED) is 0.757. The highest BCUT2D eigenvalue weighted by Crippen LogP contribution is 2.20. The van der Waals surface area contributed by atoms with E-state index in [1.165, 1.54) is 13.2 Å². The van der Waals surface area contributed by atoms with Crippen LogP contribution < -0.4 is 10.1 Å². The summed E-state index contributed by atoms with van der Waals surface area (Å²) in [5.74, 6) is -1.34. The Morgan fingerprint density at radius 3 is 2.68 bits per heavy atom. The lowest BCUT2D eigenvalue weighted by Crippen LogP contribution is -2.29. The molecule has 0 aliphatic carbocycles. The van der Waals surface area contributed by atoms with E-state index >= 15 is 0 Å². The first-order valence-corrected chi connectivity index (χ1v) is 5.64. The van der Waals surface area contributed by atoms with Crippen molar-refractivity contribution in [2.24, 2.45) is 0 Å². The van der Waals surface area contributed by atoms with E-state index in [0.29, 0.717) is 12.1 Å². The van der Waals surface area contributed by atoms with Crippen LogP contribution in [0, 0.1) is 5.82 Å². The second-order valence-electron chi connectivity index (χ2n) is 3.88.